The summed E-state index contributed by atoms with van der Waals surface area (Å²) >= 11 is 5.70. The van der Waals surface area contributed by atoms with Gasteiger partial charge in [0.1, 0.15) is 18.2 Å². The van der Waals surface area contributed by atoms with Crippen LogP contribution in [0.25, 0.3) is 0 Å². The van der Waals surface area contributed by atoms with E-state index in [2.05, 4.69) is 0 Å². The summed E-state index contributed by atoms with van der Waals surface area (Å²) in [6.07, 6.45) is 0.885. The SMILES string of the molecule is CC[C@@H](N)c1ccc(OCc2ccc(Cl)cc2F)cc1. The highest BCUT2D eigenvalue weighted by molar-refractivity contribution is 6.30. The van der Waals surface area contributed by atoms with E-state index in [0.29, 0.717) is 16.3 Å². The molecule has 20 heavy (non-hydrogen) atoms. The molecule has 4 heteroatoms. The molecule has 106 valence electrons. The summed E-state index contributed by atoms with van der Waals surface area (Å²) < 4.78 is 19.1. The Kier molecular flexibility index (Phi) is 4.99. The van der Waals surface area contributed by atoms with E-state index in [4.69, 9.17) is 22.1 Å². The Labute approximate surface area is 123 Å². The first-order valence-electron chi connectivity index (χ1n) is 6.52. The van der Waals surface area contributed by atoms with Gasteiger partial charge in [-0.1, -0.05) is 36.7 Å². The molecule has 0 bridgehead atoms. The molecular weight excluding hydrogens is 277 g/mol. The average molecular weight is 294 g/mol. The van der Waals surface area contributed by atoms with Gasteiger partial charge in [-0.15, -0.1) is 0 Å². The Morgan fingerprint density at radius 2 is 1.90 bits per heavy atom. The van der Waals surface area contributed by atoms with Crippen molar-refractivity contribution in [2.45, 2.75) is 26.0 Å². The van der Waals surface area contributed by atoms with E-state index in [1.165, 1.54) is 6.07 Å². The molecule has 0 spiro atoms. The molecule has 1 atom stereocenters. The first-order chi connectivity index (χ1) is 9.60. The third-order valence-corrected chi connectivity index (χ3v) is 3.39. The number of benzene rings is 2. The molecule has 0 saturated carbocycles. The summed E-state index contributed by atoms with van der Waals surface area (Å²) in [6, 6.07) is 12.1. The van der Waals surface area contributed by atoms with Crippen LogP contribution < -0.4 is 10.5 Å². The van der Waals surface area contributed by atoms with E-state index < -0.39 is 0 Å². The van der Waals surface area contributed by atoms with E-state index in [1.807, 2.05) is 31.2 Å². The van der Waals surface area contributed by atoms with Gasteiger partial charge < -0.3 is 10.5 Å². The van der Waals surface area contributed by atoms with Crippen LogP contribution in [0, 0.1) is 5.82 Å². The van der Waals surface area contributed by atoms with Crippen LogP contribution >= 0.6 is 11.6 Å². The second-order valence-corrected chi connectivity index (χ2v) is 5.04. The smallest absolute Gasteiger partial charge is 0.131 e. The molecule has 2 aromatic carbocycles. The summed E-state index contributed by atoms with van der Waals surface area (Å²) in [6.45, 7) is 2.21. The third kappa shape index (κ3) is 3.71. The predicted molar refractivity (Wildman–Crippen MR) is 79.4 cm³/mol. The van der Waals surface area contributed by atoms with Crippen LogP contribution in [0.5, 0.6) is 5.75 Å². The van der Waals surface area contributed by atoms with Crippen molar-refractivity contribution in [3.8, 4) is 5.75 Å². The molecule has 2 nitrogen and oxygen atoms in total. The Morgan fingerprint density at radius 3 is 2.50 bits per heavy atom. The fraction of sp³-hybridized carbons (Fsp3) is 0.250. The molecule has 0 unspecified atom stereocenters. The molecule has 0 heterocycles. The van der Waals surface area contributed by atoms with Gasteiger partial charge in [0.25, 0.3) is 0 Å². The second-order valence-electron chi connectivity index (χ2n) is 4.61. The topological polar surface area (TPSA) is 35.2 Å². The lowest BCUT2D eigenvalue weighted by Crippen LogP contribution is -2.08. The first kappa shape index (κ1) is 14.8. The standard InChI is InChI=1S/C16H17ClFNO/c1-2-16(19)11-4-7-14(8-5-11)20-10-12-3-6-13(17)9-15(12)18/h3-9,16H,2,10,19H2,1H3/t16-/m1/s1. The Hall–Kier alpha value is -1.58. The van der Waals surface area contributed by atoms with E-state index in [1.54, 1.807) is 12.1 Å². The minimum absolute atomic E-state index is 0.0396. The summed E-state index contributed by atoms with van der Waals surface area (Å²) in [7, 11) is 0. The van der Waals surface area contributed by atoms with E-state index in [0.717, 1.165) is 12.0 Å². The second kappa shape index (κ2) is 6.73. The van der Waals surface area contributed by atoms with E-state index >= 15 is 0 Å². The van der Waals surface area contributed by atoms with Gasteiger partial charge in [-0.25, -0.2) is 4.39 Å². The highest BCUT2D eigenvalue weighted by Crippen LogP contribution is 2.20. The highest BCUT2D eigenvalue weighted by Gasteiger charge is 2.05. The minimum Gasteiger partial charge on any atom is -0.489 e. The maximum atomic E-state index is 13.6. The Bertz CT molecular complexity index is 571. The first-order valence-corrected chi connectivity index (χ1v) is 6.90. The summed E-state index contributed by atoms with van der Waals surface area (Å²) in [5.74, 6) is 0.327. The van der Waals surface area contributed by atoms with E-state index in [9.17, 15) is 4.39 Å². The molecule has 0 aliphatic rings. The average Bonchev–Trinajstić information content (AvgIpc) is 2.46. The van der Waals surface area contributed by atoms with Gasteiger partial charge in [0.15, 0.2) is 0 Å². The fourth-order valence-corrected chi connectivity index (χ4v) is 2.01. The summed E-state index contributed by atoms with van der Waals surface area (Å²) in [5.41, 5.74) is 7.48. The van der Waals surface area contributed by atoms with Crippen molar-refractivity contribution in [3.05, 3.63) is 64.4 Å². The number of halogens is 2. The molecule has 0 aromatic heterocycles. The zero-order valence-electron chi connectivity index (χ0n) is 11.3. The van der Waals surface area contributed by atoms with Crippen LogP contribution in [0.1, 0.15) is 30.5 Å². The molecule has 0 saturated heterocycles. The normalized spacial score (nSPS) is 12.2. The molecule has 2 N–H and O–H groups in total. The maximum Gasteiger partial charge on any atom is 0.131 e. The van der Waals surface area contributed by atoms with Gasteiger partial charge in [0, 0.05) is 16.6 Å². The zero-order chi connectivity index (χ0) is 14.5. The zero-order valence-corrected chi connectivity index (χ0v) is 12.0. The molecular formula is C16H17ClFNO. The van der Waals surface area contributed by atoms with Crippen molar-refractivity contribution in [3.63, 3.8) is 0 Å². The quantitative estimate of drug-likeness (QED) is 0.883. The molecule has 0 amide bonds. The lowest BCUT2D eigenvalue weighted by Gasteiger charge is -2.11. The molecule has 0 radical (unpaired) electrons. The van der Waals surface area contributed by atoms with Crippen LogP contribution in [0.2, 0.25) is 5.02 Å². The van der Waals surface area contributed by atoms with Crippen LogP contribution in [-0.2, 0) is 6.61 Å². The fourth-order valence-electron chi connectivity index (χ4n) is 1.85. The number of rotatable bonds is 5. The lowest BCUT2D eigenvalue weighted by molar-refractivity contribution is 0.299. The van der Waals surface area contributed by atoms with E-state index in [-0.39, 0.29) is 18.5 Å². The van der Waals surface area contributed by atoms with Gasteiger partial charge in [-0.2, -0.15) is 0 Å². The van der Waals surface area contributed by atoms with Gasteiger partial charge in [-0.05, 0) is 36.2 Å². The number of hydrogen-bond acceptors (Lipinski definition) is 2. The van der Waals surface area contributed by atoms with Gasteiger partial charge in [-0.3, -0.25) is 0 Å². The van der Waals surface area contributed by atoms with Gasteiger partial charge >= 0.3 is 0 Å². The lowest BCUT2D eigenvalue weighted by atomic mass is 10.1. The van der Waals surface area contributed by atoms with Crippen LogP contribution in [-0.4, -0.2) is 0 Å². The summed E-state index contributed by atoms with van der Waals surface area (Å²) in [4.78, 5) is 0. The molecule has 0 fully saturated rings. The van der Waals surface area contributed by atoms with Crippen LogP contribution in [0.15, 0.2) is 42.5 Å². The molecule has 0 aliphatic heterocycles. The number of hydrogen-bond donors (Lipinski definition) is 1. The molecule has 2 aromatic rings. The number of nitrogens with two attached hydrogens (primary N) is 1. The third-order valence-electron chi connectivity index (χ3n) is 3.16. The highest BCUT2D eigenvalue weighted by atomic mass is 35.5. The van der Waals surface area contributed by atoms with Crippen molar-refractivity contribution in [1.29, 1.82) is 0 Å². The maximum absolute atomic E-state index is 13.6. The van der Waals surface area contributed by atoms with Crippen molar-refractivity contribution >= 4 is 11.6 Å². The van der Waals surface area contributed by atoms with Crippen LogP contribution in [0.3, 0.4) is 0 Å². The number of ether oxygens (including phenoxy) is 1. The Morgan fingerprint density at radius 1 is 1.20 bits per heavy atom. The van der Waals surface area contributed by atoms with Crippen molar-refractivity contribution in [2.24, 2.45) is 5.73 Å². The van der Waals surface area contributed by atoms with Gasteiger partial charge in [0.2, 0.25) is 0 Å². The van der Waals surface area contributed by atoms with Gasteiger partial charge in [0.05, 0.1) is 0 Å². The Balaban J connectivity index is 2.00. The van der Waals surface area contributed by atoms with Crippen molar-refractivity contribution in [2.75, 3.05) is 0 Å². The largest absolute Gasteiger partial charge is 0.489 e. The molecule has 0 aliphatic carbocycles. The minimum atomic E-state index is -0.359. The van der Waals surface area contributed by atoms with Crippen molar-refractivity contribution < 1.29 is 9.13 Å². The van der Waals surface area contributed by atoms with Crippen LogP contribution in [0.4, 0.5) is 4.39 Å². The monoisotopic (exact) mass is 293 g/mol. The summed E-state index contributed by atoms with van der Waals surface area (Å²) in [5, 5.41) is 0.379. The van der Waals surface area contributed by atoms with Crippen molar-refractivity contribution in [1.82, 2.24) is 0 Å². The predicted octanol–water partition coefficient (Wildman–Crippen LogP) is 4.47. The molecule has 2 rings (SSSR count).